The Morgan fingerprint density at radius 1 is 0.723 bits per heavy atom. The number of amides is 1. The lowest BCUT2D eigenvalue weighted by Gasteiger charge is -2.25. The highest BCUT2D eigenvalue weighted by Crippen LogP contribution is 2.43. The Morgan fingerprint density at radius 3 is 1.89 bits per heavy atom. The van der Waals surface area contributed by atoms with Gasteiger partial charge in [0.15, 0.2) is 0 Å². The van der Waals surface area contributed by atoms with Crippen LogP contribution in [-0.2, 0) is 18.4 Å². The predicted molar refractivity (Wildman–Crippen MR) is 198 cm³/mol. The van der Waals surface area contributed by atoms with E-state index < -0.39 is 20.0 Å². The molecule has 0 aliphatic heterocycles. The highest BCUT2D eigenvalue weighted by molar-refractivity contribution is 7.47. The normalized spacial score (nSPS) is 15.3. The molecule has 9 heteroatoms. The van der Waals surface area contributed by atoms with Gasteiger partial charge in [-0.05, 0) is 57.8 Å². The molecule has 0 saturated heterocycles. The topological polar surface area (TPSA) is 105 Å². The van der Waals surface area contributed by atoms with Crippen LogP contribution in [0.1, 0.15) is 136 Å². The lowest BCUT2D eigenvalue weighted by atomic mass is 10.1. The van der Waals surface area contributed by atoms with Gasteiger partial charge < -0.3 is 19.8 Å². The van der Waals surface area contributed by atoms with Crippen LogP contribution in [-0.4, -0.2) is 73.4 Å². The molecule has 0 spiro atoms. The summed E-state index contributed by atoms with van der Waals surface area (Å²) >= 11 is 0. The third-order valence-corrected chi connectivity index (χ3v) is 8.74. The molecule has 0 radical (unpaired) electrons. The lowest BCUT2D eigenvalue weighted by Crippen LogP contribution is -2.45. The van der Waals surface area contributed by atoms with Crippen LogP contribution >= 0.6 is 7.82 Å². The van der Waals surface area contributed by atoms with Gasteiger partial charge in [0.1, 0.15) is 13.2 Å². The number of unbranched alkanes of at least 4 members (excludes halogenated alkanes) is 13. The van der Waals surface area contributed by atoms with Gasteiger partial charge in [-0.2, -0.15) is 0 Å². The lowest BCUT2D eigenvalue weighted by molar-refractivity contribution is -0.870. The van der Waals surface area contributed by atoms with Gasteiger partial charge in [0, 0.05) is 6.42 Å². The maximum atomic E-state index is 12.7. The number of carbonyl (C=O) groups excluding carboxylic acids is 1. The molecule has 0 aromatic carbocycles. The zero-order chi connectivity index (χ0) is 35.1. The number of hydrogen-bond acceptors (Lipinski definition) is 5. The molecule has 0 heterocycles. The summed E-state index contributed by atoms with van der Waals surface area (Å²) in [5.74, 6) is -0.203. The summed E-state index contributed by atoms with van der Waals surface area (Å²) in [5, 5.41) is 13.6. The van der Waals surface area contributed by atoms with Gasteiger partial charge in [0.25, 0.3) is 0 Å². The first-order valence-corrected chi connectivity index (χ1v) is 20.0. The van der Waals surface area contributed by atoms with Crippen molar-refractivity contribution in [2.24, 2.45) is 0 Å². The van der Waals surface area contributed by atoms with E-state index in [9.17, 15) is 19.4 Å². The van der Waals surface area contributed by atoms with Crippen molar-refractivity contribution >= 4 is 13.7 Å². The largest absolute Gasteiger partial charge is 0.472 e. The molecule has 3 unspecified atom stereocenters. The monoisotopic (exact) mass is 684 g/mol. The number of rotatable bonds is 32. The fraction of sp³-hybridized carbons (Fsp3) is 0.763. The smallest absolute Gasteiger partial charge is 0.387 e. The molecule has 0 aromatic rings. The summed E-state index contributed by atoms with van der Waals surface area (Å²) in [6, 6.07) is -0.863. The van der Waals surface area contributed by atoms with Crippen molar-refractivity contribution in [2.75, 3.05) is 40.9 Å². The molecule has 0 aliphatic carbocycles. The molecule has 0 aliphatic rings. The number of phosphoric acid groups is 1. The van der Waals surface area contributed by atoms with Crippen molar-refractivity contribution in [3.8, 4) is 0 Å². The van der Waals surface area contributed by atoms with Gasteiger partial charge in [0.2, 0.25) is 5.91 Å². The number of nitrogens with zero attached hydrogens (tertiary/aromatic N) is 1. The molecular formula is C38H72N2O6P+. The second kappa shape index (κ2) is 30.5. The molecule has 274 valence electrons. The van der Waals surface area contributed by atoms with Crippen molar-refractivity contribution in [1.82, 2.24) is 5.32 Å². The van der Waals surface area contributed by atoms with E-state index in [2.05, 4.69) is 55.6 Å². The molecule has 0 aromatic heterocycles. The van der Waals surface area contributed by atoms with Crippen LogP contribution in [0, 0.1) is 0 Å². The number of likely N-dealkylation sites (N-methyl/N-ethyl adjacent to an activating group) is 1. The van der Waals surface area contributed by atoms with Gasteiger partial charge in [-0.25, -0.2) is 4.57 Å². The van der Waals surface area contributed by atoms with Crippen LogP contribution in [0.15, 0.2) is 48.6 Å². The van der Waals surface area contributed by atoms with Crippen molar-refractivity contribution < 1.29 is 32.9 Å². The number of aliphatic hydroxyl groups excluding tert-OH is 1. The number of phosphoric ester groups is 1. The Bertz CT molecular complexity index is 912. The van der Waals surface area contributed by atoms with E-state index in [0.717, 1.165) is 57.8 Å². The molecule has 47 heavy (non-hydrogen) atoms. The summed E-state index contributed by atoms with van der Waals surface area (Å²) in [4.78, 5) is 22.9. The minimum atomic E-state index is -4.33. The fourth-order valence-electron chi connectivity index (χ4n) is 4.74. The summed E-state index contributed by atoms with van der Waals surface area (Å²) in [7, 11) is 1.53. The first kappa shape index (κ1) is 45.5. The molecule has 0 rings (SSSR count). The summed E-state index contributed by atoms with van der Waals surface area (Å²) in [6.45, 7) is 4.62. The molecule has 0 bridgehead atoms. The van der Waals surface area contributed by atoms with E-state index in [4.69, 9.17) is 9.05 Å². The number of carbonyl (C=O) groups is 1. The fourth-order valence-corrected chi connectivity index (χ4v) is 5.47. The van der Waals surface area contributed by atoms with E-state index >= 15 is 0 Å². The van der Waals surface area contributed by atoms with Crippen LogP contribution in [0.5, 0.6) is 0 Å². The Balaban J connectivity index is 4.41. The minimum Gasteiger partial charge on any atom is -0.387 e. The first-order chi connectivity index (χ1) is 22.5. The number of allylic oxidation sites excluding steroid dienone is 7. The van der Waals surface area contributed by atoms with Crippen molar-refractivity contribution in [3.63, 3.8) is 0 Å². The zero-order valence-electron chi connectivity index (χ0n) is 30.8. The van der Waals surface area contributed by atoms with Crippen LogP contribution in [0.3, 0.4) is 0 Å². The Kier molecular flexibility index (Phi) is 29.5. The molecular weight excluding hydrogens is 611 g/mol. The van der Waals surface area contributed by atoms with E-state index in [1.807, 2.05) is 27.2 Å². The third-order valence-electron chi connectivity index (χ3n) is 7.75. The van der Waals surface area contributed by atoms with E-state index in [0.29, 0.717) is 17.4 Å². The Morgan fingerprint density at radius 2 is 1.28 bits per heavy atom. The molecule has 3 atom stereocenters. The van der Waals surface area contributed by atoms with Gasteiger partial charge in [-0.1, -0.05) is 120 Å². The Hall–Kier alpha value is -1.54. The quantitative estimate of drug-likeness (QED) is 0.0283. The highest BCUT2D eigenvalue weighted by atomic mass is 31.2. The predicted octanol–water partition coefficient (Wildman–Crippen LogP) is 9.35. The molecule has 0 fully saturated rings. The van der Waals surface area contributed by atoms with E-state index in [1.165, 1.54) is 57.8 Å². The van der Waals surface area contributed by atoms with Gasteiger partial charge in [-0.15, -0.1) is 0 Å². The summed E-state index contributed by atoms with van der Waals surface area (Å²) in [6.07, 6.45) is 36.3. The van der Waals surface area contributed by atoms with Crippen LogP contribution < -0.4 is 5.32 Å². The standard InChI is InChI=1S/C38H71N2O6P/c1-6-8-10-12-14-15-16-17-18-19-20-21-22-23-24-26-28-30-32-38(42)39-36(37(41)31-29-27-25-13-11-9-7-2)35-46-47(43,44)45-34-33-40(3,4)5/h11,13,15-16,18-19,29,31,36-37,41H,6-10,12,14,17,20-28,30,32-35H2,1-5H3,(H-,39,42,43,44)/p+1/b13-11+,16-15-,19-18-,31-29+. The zero-order valence-corrected chi connectivity index (χ0v) is 31.6. The van der Waals surface area contributed by atoms with E-state index in [1.54, 1.807) is 6.08 Å². The minimum absolute atomic E-state index is 0.0521. The molecule has 1 amide bonds. The average Bonchev–Trinajstić information content (AvgIpc) is 3.01. The molecule has 0 saturated carbocycles. The highest BCUT2D eigenvalue weighted by Gasteiger charge is 2.27. The van der Waals surface area contributed by atoms with Gasteiger partial charge >= 0.3 is 7.82 Å². The average molecular weight is 684 g/mol. The SMILES string of the molecule is CCC/C=C/CC/C=C/C(O)C(COP(=O)(O)OCC[N+](C)(C)C)NC(=O)CCCCCCCCC/C=C\C/C=C\CCCCCC. The number of aliphatic hydroxyl groups is 1. The van der Waals surface area contributed by atoms with Crippen molar-refractivity contribution in [2.45, 2.75) is 148 Å². The van der Waals surface area contributed by atoms with Crippen LogP contribution in [0.25, 0.3) is 0 Å². The number of nitrogens with one attached hydrogen (secondary N) is 1. The van der Waals surface area contributed by atoms with Crippen molar-refractivity contribution in [3.05, 3.63) is 48.6 Å². The number of quaternary nitrogens is 1. The maximum Gasteiger partial charge on any atom is 0.472 e. The molecule has 8 nitrogen and oxygen atoms in total. The third kappa shape index (κ3) is 32.8. The Labute approximate surface area is 289 Å². The van der Waals surface area contributed by atoms with E-state index in [-0.39, 0.29) is 19.1 Å². The second-order valence-electron chi connectivity index (χ2n) is 13.6. The van der Waals surface area contributed by atoms with Crippen molar-refractivity contribution in [1.29, 1.82) is 0 Å². The number of hydrogen-bond donors (Lipinski definition) is 3. The molecule has 3 N–H and O–H groups in total. The van der Waals surface area contributed by atoms with Crippen LogP contribution in [0.2, 0.25) is 0 Å². The maximum absolute atomic E-state index is 12.7. The van der Waals surface area contributed by atoms with Gasteiger partial charge in [0.05, 0.1) is 39.9 Å². The second-order valence-corrected chi connectivity index (χ2v) is 15.0. The summed E-state index contributed by atoms with van der Waals surface area (Å²) < 4.78 is 23.3. The van der Waals surface area contributed by atoms with Crippen LogP contribution in [0.4, 0.5) is 0 Å². The van der Waals surface area contributed by atoms with Gasteiger partial charge in [-0.3, -0.25) is 13.8 Å². The summed E-state index contributed by atoms with van der Waals surface area (Å²) in [5.41, 5.74) is 0. The first-order valence-electron chi connectivity index (χ1n) is 18.5.